The molecule has 2 rings (SSSR count). The predicted molar refractivity (Wildman–Crippen MR) is 73.1 cm³/mol. The van der Waals surface area contributed by atoms with Crippen LogP contribution in [0, 0.1) is 6.92 Å². The zero-order valence-corrected chi connectivity index (χ0v) is 12.1. The molecule has 0 fully saturated rings. The first kappa shape index (κ1) is 13.1. The van der Waals surface area contributed by atoms with Crippen molar-refractivity contribution < 1.29 is 9.84 Å². The summed E-state index contributed by atoms with van der Waals surface area (Å²) in [4.78, 5) is 8.51. The number of rotatable bonds is 2. The van der Waals surface area contributed by atoms with Crippen molar-refractivity contribution in [1.82, 2.24) is 9.97 Å². The maximum atomic E-state index is 9.54. The van der Waals surface area contributed by atoms with Gasteiger partial charge in [0.05, 0.1) is 17.3 Å². The highest BCUT2D eigenvalue weighted by Gasteiger charge is 2.11. The van der Waals surface area contributed by atoms with Crippen LogP contribution in [0.1, 0.15) is 5.69 Å². The van der Waals surface area contributed by atoms with E-state index in [9.17, 15) is 5.11 Å². The van der Waals surface area contributed by atoms with Crippen molar-refractivity contribution >= 4 is 27.5 Å². The molecule has 0 unspecified atom stereocenters. The van der Waals surface area contributed by atoms with E-state index in [1.807, 2.05) is 6.92 Å². The van der Waals surface area contributed by atoms with E-state index in [0.717, 1.165) is 11.3 Å². The van der Waals surface area contributed by atoms with E-state index in [-0.39, 0.29) is 5.75 Å². The molecule has 0 spiro atoms. The van der Waals surface area contributed by atoms with Gasteiger partial charge in [-0.15, -0.1) is 0 Å². The summed E-state index contributed by atoms with van der Waals surface area (Å²) in [7, 11) is 1.49. The number of phenolic OH excluding ortho intramolecular Hbond substituents is 1. The largest absolute Gasteiger partial charge is 0.504 e. The number of halogens is 2. The Morgan fingerprint density at radius 3 is 2.67 bits per heavy atom. The molecule has 1 N–H and O–H groups in total. The van der Waals surface area contributed by atoms with Gasteiger partial charge in [-0.2, -0.15) is 0 Å². The summed E-state index contributed by atoms with van der Waals surface area (Å²) < 4.78 is 5.72. The number of aryl methyl sites for hydroxylation is 1. The quantitative estimate of drug-likeness (QED) is 0.856. The molecule has 1 aromatic carbocycles. The van der Waals surface area contributed by atoms with Crippen LogP contribution in [0.15, 0.2) is 22.7 Å². The van der Waals surface area contributed by atoms with E-state index >= 15 is 0 Å². The Balaban J connectivity index is 2.55. The van der Waals surface area contributed by atoms with Gasteiger partial charge in [-0.25, -0.2) is 9.97 Å². The lowest BCUT2D eigenvalue weighted by molar-refractivity contribution is 0.373. The second kappa shape index (κ2) is 5.12. The third-order valence-corrected chi connectivity index (χ3v) is 3.87. The lowest BCUT2D eigenvalue weighted by Gasteiger charge is -2.07. The van der Waals surface area contributed by atoms with Crippen LogP contribution in [0.5, 0.6) is 11.5 Å². The molecule has 0 aliphatic rings. The van der Waals surface area contributed by atoms with Gasteiger partial charge in [0.25, 0.3) is 0 Å². The molecule has 0 bridgehead atoms. The van der Waals surface area contributed by atoms with Crippen LogP contribution in [0.3, 0.4) is 0 Å². The third-order valence-electron chi connectivity index (χ3n) is 2.41. The highest BCUT2D eigenvalue weighted by molar-refractivity contribution is 9.10. The highest BCUT2D eigenvalue weighted by Crippen LogP contribution is 2.32. The fraction of sp³-hybridized carbons (Fsp3) is 0.167. The van der Waals surface area contributed by atoms with Gasteiger partial charge in [0.2, 0.25) is 0 Å². The first-order chi connectivity index (χ1) is 8.52. The van der Waals surface area contributed by atoms with Crippen molar-refractivity contribution in [2.24, 2.45) is 0 Å². The Morgan fingerprint density at radius 1 is 1.33 bits per heavy atom. The Morgan fingerprint density at radius 2 is 2.06 bits per heavy atom. The van der Waals surface area contributed by atoms with Crippen LogP contribution in [0.4, 0.5) is 0 Å². The minimum Gasteiger partial charge on any atom is -0.504 e. The second-order valence-electron chi connectivity index (χ2n) is 3.62. The minimum atomic E-state index is 0.0705. The number of phenols is 1. The predicted octanol–water partition coefficient (Wildman–Crippen LogP) is 3.58. The van der Waals surface area contributed by atoms with Crippen molar-refractivity contribution in [3.63, 3.8) is 0 Å². The molecule has 94 valence electrons. The molecule has 0 aliphatic carbocycles. The summed E-state index contributed by atoms with van der Waals surface area (Å²) in [6.07, 6.45) is 0. The molecule has 1 aromatic heterocycles. The molecule has 0 amide bonds. The van der Waals surface area contributed by atoms with Crippen LogP contribution in [0.2, 0.25) is 5.15 Å². The molecule has 0 aliphatic heterocycles. The fourth-order valence-corrected chi connectivity index (χ4v) is 1.86. The molecule has 4 nitrogen and oxygen atoms in total. The Kier molecular flexibility index (Phi) is 3.73. The number of benzene rings is 1. The molecule has 0 saturated heterocycles. The van der Waals surface area contributed by atoms with Crippen LogP contribution in [-0.4, -0.2) is 22.2 Å². The molecule has 2 aromatic rings. The lowest BCUT2D eigenvalue weighted by atomic mass is 10.2. The molecular weight excluding hydrogens is 320 g/mol. The van der Waals surface area contributed by atoms with Gasteiger partial charge < -0.3 is 9.84 Å². The summed E-state index contributed by atoms with van der Waals surface area (Å²) in [5.74, 6) is 0.924. The zero-order chi connectivity index (χ0) is 13.3. The molecule has 18 heavy (non-hydrogen) atoms. The van der Waals surface area contributed by atoms with Gasteiger partial charge in [-0.1, -0.05) is 11.6 Å². The van der Waals surface area contributed by atoms with E-state index in [2.05, 4.69) is 25.9 Å². The van der Waals surface area contributed by atoms with Crippen molar-refractivity contribution in [3.05, 3.63) is 33.5 Å². The average molecular weight is 330 g/mol. The maximum Gasteiger partial charge on any atom is 0.161 e. The number of aromatic nitrogens is 2. The first-order valence-corrected chi connectivity index (χ1v) is 6.27. The Hall–Kier alpha value is -1.33. The average Bonchev–Trinajstić information content (AvgIpc) is 2.36. The van der Waals surface area contributed by atoms with Crippen LogP contribution >= 0.6 is 27.5 Å². The van der Waals surface area contributed by atoms with Crippen molar-refractivity contribution in [2.45, 2.75) is 6.92 Å². The topological polar surface area (TPSA) is 55.2 Å². The summed E-state index contributed by atoms with van der Waals surface area (Å²) in [6, 6.07) is 4.90. The maximum absolute atomic E-state index is 9.54. The minimum absolute atomic E-state index is 0.0705. The molecular formula is C12H10BrClN2O2. The normalized spacial score (nSPS) is 10.4. The molecule has 0 radical (unpaired) electrons. The number of nitrogens with zero attached hydrogens (tertiary/aromatic N) is 2. The van der Waals surface area contributed by atoms with E-state index < -0.39 is 0 Å². The van der Waals surface area contributed by atoms with Crippen LogP contribution in [-0.2, 0) is 0 Å². The van der Waals surface area contributed by atoms with Crippen LogP contribution < -0.4 is 4.74 Å². The van der Waals surface area contributed by atoms with Gasteiger partial charge in [0.1, 0.15) is 5.15 Å². The van der Waals surface area contributed by atoms with Gasteiger partial charge >= 0.3 is 0 Å². The lowest BCUT2D eigenvalue weighted by Crippen LogP contribution is -1.95. The highest BCUT2D eigenvalue weighted by atomic mass is 79.9. The number of ether oxygens (including phenoxy) is 1. The Bertz CT molecular complexity index is 582. The van der Waals surface area contributed by atoms with Gasteiger partial charge in [-0.3, -0.25) is 0 Å². The van der Waals surface area contributed by atoms with E-state index in [0.29, 0.717) is 21.2 Å². The van der Waals surface area contributed by atoms with E-state index in [1.54, 1.807) is 12.1 Å². The summed E-state index contributed by atoms with van der Waals surface area (Å²) in [5.41, 5.74) is 1.47. The van der Waals surface area contributed by atoms with E-state index in [1.165, 1.54) is 13.2 Å². The summed E-state index contributed by atoms with van der Waals surface area (Å²) in [5, 5.41) is 9.89. The number of hydrogen-bond donors (Lipinski definition) is 1. The standard InChI is InChI=1S/C12H10BrClN2O2/c1-6-10(13)11(14)16-12(15-6)7-3-4-8(17)9(5-7)18-2/h3-5,17H,1-2H3. The number of aromatic hydroxyl groups is 1. The van der Waals surface area contributed by atoms with Gasteiger partial charge in [0, 0.05) is 5.56 Å². The van der Waals surface area contributed by atoms with Gasteiger partial charge in [-0.05, 0) is 41.1 Å². The molecule has 0 atom stereocenters. The first-order valence-electron chi connectivity index (χ1n) is 5.10. The number of hydrogen-bond acceptors (Lipinski definition) is 4. The number of methoxy groups -OCH3 is 1. The smallest absolute Gasteiger partial charge is 0.161 e. The second-order valence-corrected chi connectivity index (χ2v) is 4.78. The fourth-order valence-electron chi connectivity index (χ4n) is 1.47. The molecule has 6 heteroatoms. The Labute approximate surface area is 118 Å². The summed E-state index contributed by atoms with van der Waals surface area (Å²) in [6.45, 7) is 1.83. The van der Waals surface area contributed by atoms with Crippen molar-refractivity contribution in [1.29, 1.82) is 0 Å². The summed E-state index contributed by atoms with van der Waals surface area (Å²) >= 11 is 9.30. The monoisotopic (exact) mass is 328 g/mol. The van der Waals surface area contributed by atoms with E-state index in [4.69, 9.17) is 16.3 Å². The van der Waals surface area contributed by atoms with Crippen molar-refractivity contribution in [3.8, 4) is 22.9 Å². The molecule has 0 saturated carbocycles. The van der Waals surface area contributed by atoms with Crippen molar-refractivity contribution in [2.75, 3.05) is 7.11 Å². The zero-order valence-electron chi connectivity index (χ0n) is 9.74. The SMILES string of the molecule is COc1cc(-c2nc(C)c(Br)c(Cl)n2)ccc1O. The van der Waals surface area contributed by atoms with Gasteiger partial charge in [0.15, 0.2) is 17.3 Å². The third kappa shape index (κ3) is 2.42. The van der Waals surface area contributed by atoms with Crippen LogP contribution in [0.25, 0.3) is 11.4 Å². The molecule has 1 heterocycles.